The number of benzene rings is 1. The van der Waals surface area contributed by atoms with Gasteiger partial charge in [-0.2, -0.15) is 10.2 Å². The van der Waals surface area contributed by atoms with Gasteiger partial charge in [-0.15, -0.1) is 0 Å². The topological polar surface area (TPSA) is 53.5 Å². The number of halogens is 1. The smallest absolute Gasteiger partial charge is 0.0707 e. The molecule has 0 N–H and O–H groups in total. The SMILES string of the molecule is CCn1c2c(-c3cnn(CCn4cccn4)c3)cc(Cl)cc2c2ccnc(C)c21. The predicted molar refractivity (Wildman–Crippen MR) is 116 cm³/mol. The lowest BCUT2D eigenvalue weighted by Crippen LogP contribution is -2.07. The van der Waals surface area contributed by atoms with Crippen LogP contribution in [0.25, 0.3) is 32.9 Å². The molecule has 0 aliphatic rings. The van der Waals surface area contributed by atoms with Crippen molar-refractivity contribution in [2.75, 3.05) is 0 Å². The molecule has 0 spiro atoms. The third-order valence-corrected chi connectivity index (χ3v) is 5.61. The largest absolute Gasteiger partial charge is 0.339 e. The minimum absolute atomic E-state index is 0.724. The van der Waals surface area contributed by atoms with E-state index in [9.17, 15) is 0 Å². The van der Waals surface area contributed by atoms with Gasteiger partial charge in [0.2, 0.25) is 0 Å². The monoisotopic (exact) mass is 404 g/mol. The second-order valence-corrected chi connectivity index (χ2v) is 7.58. The maximum atomic E-state index is 6.54. The van der Waals surface area contributed by atoms with Gasteiger partial charge in [0.25, 0.3) is 0 Å². The quantitative estimate of drug-likeness (QED) is 0.417. The third-order valence-electron chi connectivity index (χ3n) is 5.39. The highest BCUT2D eigenvalue weighted by molar-refractivity contribution is 6.32. The Kier molecular flexibility index (Phi) is 4.36. The lowest BCUT2D eigenvalue weighted by atomic mass is 10.0. The van der Waals surface area contributed by atoms with E-state index in [1.54, 1.807) is 6.20 Å². The standard InChI is InChI=1S/C22H21ClN6/c1-3-29-21-15(2)24-7-5-18(21)20-12-17(23)11-19(22(20)29)16-13-26-28(14-16)10-9-27-8-4-6-25-27/h4-8,11-14H,3,9-10H2,1-2H3. The first-order chi connectivity index (χ1) is 14.2. The number of rotatable bonds is 5. The molecule has 0 amide bonds. The van der Waals surface area contributed by atoms with E-state index in [2.05, 4.69) is 51.9 Å². The summed E-state index contributed by atoms with van der Waals surface area (Å²) in [6.45, 7) is 6.61. The van der Waals surface area contributed by atoms with Gasteiger partial charge in [-0.25, -0.2) is 0 Å². The van der Waals surface area contributed by atoms with E-state index in [0.29, 0.717) is 0 Å². The molecule has 6 nitrogen and oxygen atoms in total. The van der Waals surface area contributed by atoms with Gasteiger partial charge in [-0.1, -0.05) is 11.6 Å². The van der Waals surface area contributed by atoms with Crippen molar-refractivity contribution < 1.29 is 0 Å². The van der Waals surface area contributed by atoms with E-state index >= 15 is 0 Å². The predicted octanol–water partition coefficient (Wildman–Crippen LogP) is 4.93. The summed E-state index contributed by atoms with van der Waals surface area (Å²) in [7, 11) is 0. The van der Waals surface area contributed by atoms with Crippen LogP contribution in [0.4, 0.5) is 0 Å². The number of aromatic nitrogens is 6. The van der Waals surface area contributed by atoms with Crippen LogP contribution in [-0.4, -0.2) is 29.1 Å². The van der Waals surface area contributed by atoms with Crippen LogP contribution in [-0.2, 0) is 19.6 Å². The number of nitrogens with zero attached hydrogens (tertiary/aromatic N) is 6. The van der Waals surface area contributed by atoms with E-state index in [1.165, 1.54) is 16.4 Å². The summed E-state index contributed by atoms with van der Waals surface area (Å²) in [5.41, 5.74) is 5.52. The summed E-state index contributed by atoms with van der Waals surface area (Å²) < 4.78 is 6.19. The lowest BCUT2D eigenvalue weighted by molar-refractivity contribution is 0.500. The molecule has 1 aromatic carbocycles. The normalized spacial score (nSPS) is 11.7. The van der Waals surface area contributed by atoms with Crippen molar-refractivity contribution in [3.8, 4) is 11.1 Å². The van der Waals surface area contributed by atoms with Gasteiger partial charge in [-0.05, 0) is 38.1 Å². The van der Waals surface area contributed by atoms with Gasteiger partial charge in [-0.3, -0.25) is 14.3 Å². The molecule has 0 saturated carbocycles. The first kappa shape index (κ1) is 17.9. The molecule has 29 heavy (non-hydrogen) atoms. The molecule has 5 aromatic rings. The maximum Gasteiger partial charge on any atom is 0.0707 e. The molecule has 0 fully saturated rings. The van der Waals surface area contributed by atoms with Crippen LogP contribution < -0.4 is 0 Å². The first-order valence-corrected chi connectivity index (χ1v) is 10.1. The van der Waals surface area contributed by atoms with Crippen LogP contribution in [0.15, 0.2) is 55.2 Å². The fraction of sp³-hybridized carbons (Fsp3) is 0.227. The molecule has 146 valence electrons. The molecule has 0 aliphatic carbocycles. The van der Waals surface area contributed by atoms with Crippen molar-refractivity contribution >= 4 is 33.4 Å². The van der Waals surface area contributed by atoms with E-state index in [0.717, 1.165) is 46.9 Å². The minimum Gasteiger partial charge on any atom is -0.339 e. The van der Waals surface area contributed by atoms with E-state index < -0.39 is 0 Å². The number of hydrogen-bond acceptors (Lipinski definition) is 3. The molecular weight excluding hydrogens is 384 g/mol. The third kappa shape index (κ3) is 3.00. The fourth-order valence-corrected chi connectivity index (χ4v) is 4.34. The molecule has 7 heteroatoms. The number of fused-ring (bicyclic) bond motifs is 3. The molecule has 0 radical (unpaired) electrons. The minimum atomic E-state index is 0.724. The Morgan fingerprint density at radius 3 is 2.66 bits per heavy atom. The van der Waals surface area contributed by atoms with Crippen molar-refractivity contribution in [2.45, 2.75) is 33.5 Å². The van der Waals surface area contributed by atoms with Gasteiger partial charge in [0, 0.05) is 58.3 Å². The second kappa shape index (κ2) is 7.04. The van der Waals surface area contributed by atoms with Gasteiger partial charge in [0.05, 0.1) is 36.0 Å². The van der Waals surface area contributed by atoms with Gasteiger partial charge >= 0.3 is 0 Å². The number of aryl methyl sites for hydroxylation is 4. The van der Waals surface area contributed by atoms with E-state index in [1.807, 2.05) is 40.1 Å². The Morgan fingerprint density at radius 2 is 1.86 bits per heavy atom. The molecule has 4 heterocycles. The van der Waals surface area contributed by atoms with Gasteiger partial charge in [0.1, 0.15) is 0 Å². The summed E-state index contributed by atoms with van der Waals surface area (Å²) in [6.07, 6.45) is 9.61. The zero-order chi connectivity index (χ0) is 20.0. The number of hydrogen-bond donors (Lipinski definition) is 0. The number of pyridine rings is 1. The van der Waals surface area contributed by atoms with Crippen LogP contribution in [0.3, 0.4) is 0 Å². The summed E-state index contributed by atoms with van der Waals surface area (Å²) in [5, 5.41) is 11.9. The van der Waals surface area contributed by atoms with E-state index in [-0.39, 0.29) is 0 Å². The average Bonchev–Trinajstić information content (AvgIpc) is 3.45. The zero-order valence-corrected chi connectivity index (χ0v) is 17.1. The van der Waals surface area contributed by atoms with Crippen molar-refractivity contribution in [1.82, 2.24) is 29.1 Å². The molecule has 0 atom stereocenters. The molecule has 0 aliphatic heterocycles. The van der Waals surface area contributed by atoms with E-state index in [4.69, 9.17) is 11.6 Å². The second-order valence-electron chi connectivity index (χ2n) is 7.15. The van der Waals surface area contributed by atoms with Crippen molar-refractivity contribution in [3.63, 3.8) is 0 Å². The van der Waals surface area contributed by atoms with Crippen LogP contribution in [0.1, 0.15) is 12.6 Å². The fourth-order valence-electron chi connectivity index (χ4n) is 4.12. The summed E-state index contributed by atoms with van der Waals surface area (Å²) in [4.78, 5) is 4.51. The Balaban J connectivity index is 1.65. The summed E-state index contributed by atoms with van der Waals surface area (Å²) >= 11 is 6.54. The van der Waals surface area contributed by atoms with Crippen molar-refractivity contribution in [1.29, 1.82) is 0 Å². The molecule has 5 rings (SSSR count). The van der Waals surface area contributed by atoms with Crippen LogP contribution >= 0.6 is 11.6 Å². The Labute approximate surface area is 173 Å². The lowest BCUT2D eigenvalue weighted by Gasteiger charge is -2.09. The summed E-state index contributed by atoms with van der Waals surface area (Å²) in [5.74, 6) is 0. The molecular formula is C22H21ClN6. The Hall–Kier alpha value is -3.12. The van der Waals surface area contributed by atoms with Crippen LogP contribution in [0.5, 0.6) is 0 Å². The van der Waals surface area contributed by atoms with Crippen LogP contribution in [0, 0.1) is 6.92 Å². The zero-order valence-electron chi connectivity index (χ0n) is 16.4. The highest BCUT2D eigenvalue weighted by atomic mass is 35.5. The highest BCUT2D eigenvalue weighted by Gasteiger charge is 2.18. The average molecular weight is 405 g/mol. The van der Waals surface area contributed by atoms with Crippen molar-refractivity contribution in [2.24, 2.45) is 0 Å². The Morgan fingerprint density at radius 1 is 1.00 bits per heavy atom. The maximum absolute atomic E-state index is 6.54. The molecule has 0 bridgehead atoms. The van der Waals surface area contributed by atoms with Gasteiger partial charge in [0.15, 0.2) is 0 Å². The Bertz CT molecular complexity index is 1310. The molecule has 4 aromatic heterocycles. The summed E-state index contributed by atoms with van der Waals surface area (Å²) in [6, 6.07) is 8.09. The van der Waals surface area contributed by atoms with Crippen molar-refractivity contribution in [3.05, 3.63) is 66.0 Å². The molecule has 0 saturated heterocycles. The highest BCUT2D eigenvalue weighted by Crippen LogP contribution is 2.38. The molecule has 0 unspecified atom stereocenters. The van der Waals surface area contributed by atoms with Crippen LogP contribution in [0.2, 0.25) is 5.02 Å². The van der Waals surface area contributed by atoms with Gasteiger partial charge < -0.3 is 4.57 Å². The first-order valence-electron chi connectivity index (χ1n) is 9.73.